The summed E-state index contributed by atoms with van der Waals surface area (Å²) in [4.78, 5) is 4.94. The molecule has 9 nitrogen and oxygen atoms in total. The Bertz CT molecular complexity index is 1080. The van der Waals surface area contributed by atoms with E-state index in [1.807, 2.05) is 28.9 Å². The van der Waals surface area contributed by atoms with Crippen LogP contribution in [0.1, 0.15) is 31.3 Å². The third kappa shape index (κ3) is 5.67. The molecule has 0 N–H and O–H groups in total. The average molecular weight is 481 g/mol. The molecule has 1 aromatic heterocycles. The zero-order valence-corrected chi connectivity index (χ0v) is 21.3. The first-order chi connectivity index (χ1) is 17.0. The standard InChI is InChI=1S/C26H36N6O3/c1-19(2)25(31-16-14-30(15-17-31)21-7-9-22(33-3)10-8-21)26-27-28-29-32(26)13-12-20-6-11-23(34-4)24(18-20)35-5/h6-11,18-19,25H,12-17H2,1-5H3. The van der Waals surface area contributed by atoms with E-state index in [-0.39, 0.29) is 6.04 Å². The zero-order chi connectivity index (χ0) is 24.8. The summed E-state index contributed by atoms with van der Waals surface area (Å²) in [6, 6.07) is 14.5. The van der Waals surface area contributed by atoms with Crippen molar-refractivity contribution in [2.24, 2.45) is 5.92 Å². The second kappa shape index (κ2) is 11.4. The van der Waals surface area contributed by atoms with E-state index in [1.54, 1.807) is 21.3 Å². The molecule has 35 heavy (non-hydrogen) atoms. The molecule has 1 atom stereocenters. The van der Waals surface area contributed by atoms with Gasteiger partial charge in [-0.2, -0.15) is 0 Å². The first-order valence-corrected chi connectivity index (χ1v) is 12.1. The molecular weight excluding hydrogens is 444 g/mol. The number of rotatable bonds is 10. The molecule has 1 fully saturated rings. The van der Waals surface area contributed by atoms with Crippen LogP contribution in [-0.2, 0) is 13.0 Å². The topological polar surface area (TPSA) is 77.8 Å². The number of benzene rings is 2. The van der Waals surface area contributed by atoms with Gasteiger partial charge in [0.05, 0.1) is 27.4 Å². The SMILES string of the molecule is COc1ccc(N2CCN(C(c3nnnn3CCc3ccc(OC)c(OC)c3)C(C)C)CC2)cc1. The van der Waals surface area contributed by atoms with E-state index in [9.17, 15) is 0 Å². The molecule has 0 amide bonds. The highest BCUT2D eigenvalue weighted by atomic mass is 16.5. The van der Waals surface area contributed by atoms with E-state index in [0.717, 1.165) is 61.2 Å². The van der Waals surface area contributed by atoms with E-state index in [0.29, 0.717) is 12.5 Å². The average Bonchev–Trinajstić information content (AvgIpc) is 3.35. The molecule has 0 aliphatic carbocycles. The van der Waals surface area contributed by atoms with Gasteiger partial charge in [0.2, 0.25) is 0 Å². The highest BCUT2D eigenvalue weighted by Crippen LogP contribution is 2.30. The molecule has 1 unspecified atom stereocenters. The van der Waals surface area contributed by atoms with E-state index in [2.05, 4.69) is 57.4 Å². The van der Waals surface area contributed by atoms with Crippen LogP contribution in [0.5, 0.6) is 17.2 Å². The number of tetrazole rings is 1. The van der Waals surface area contributed by atoms with E-state index < -0.39 is 0 Å². The first kappa shape index (κ1) is 24.8. The van der Waals surface area contributed by atoms with Crippen LogP contribution in [0, 0.1) is 5.92 Å². The molecule has 3 aromatic rings. The second-order valence-electron chi connectivity index (χ2n) is 9.11. The Hall–Kier alpha value is -3.33. The van der Waals surface area contributed by atoms with E-state index >= 15 is 0 Å². The molecular formula is C26H36N6O3. The largest absolute Gasteiger partial charge is 0.497 e. The molecule has 0 bridgehead atoms. The Balaban J connectivity index is 1.43. The van der Waals surface area contributed by atoms with Gasteiger partial charge < -0.3 is 19.1 Å². The monoisotopic (exact) mass is 480 g/mol. The van der Waals surface area contributed by atoms with Crippen molar-refractivity contribution in [3.05, 3.63) is 53.9 Å². The number of methoxy groups -OCH3 is 3. The van der Waals surface area contributed by atoms with Gasteiger partial charge in [-0.1, -0.05) is 19.9 Å². The van der Waals surface area contributed by atoms with Crippen LogP contribution in [0.25, 0.3) is 0 Å². The molecule has 188 valence electrons. The predicted molar refractivity (Wildman–Crippen MR) is 135 cm³/mol. The van der Waals surface area contributed by atoms with E-state index in [1.165, 1.54) is 5.69 Å². The molecule has 0 saturated carbocycles. The van der Waals surface area contributed by atoms with Crippen molar-refractivity contribution in [1.82, 2.24) is 25.1 Å². The van der Waals surface area contributed by atoms with Crippen LogP contribution in [0.3, 0.4) is 0 Å². The molecule has 1 saturated heterocycles. The van der Waals surface area contributed by atoms with Crippen LogP contribution < -0.4 is 19.1 Å². The smallest absolute Gasteiger partial charge is 0.168 e. The number of ether oxygens (including phenoxy) is 3. The zero-order valence-electron chi connectivity index (χ0n) is 21.3. The summed E-state index contributed by atoms with van der Waals surface area (Å²) < 4.78 is 18.1. The van der Waals surface area contributed by atoms with Crippen molar-refractivity contribution in [3.8, 4) is 17.2 Å². The summed E-state index contributed by atoms with van der Waals surface area (Å²) in [5.41, 5.74) is 2.38. The van der Waals surface area contributed by atoms with Crippen LogP contribution in [0.15, 0.2) is 42.5 Å². The number of hydrogen-bond acceptors (Lipinski definition) is 8. The lowest BCUT2D eigenvalue weighted by atomic mass is 10.0. The summed E-state index contributed by atoms with van der Waals surface area (Å²) in [6.07, 6.45) is 0.800. The minimum atomic E-state index is 0.161. The van der Waals surface area contributed by atoms with Crippen LogP contribution >= 0.6 is 0 Å². The number of piperazine rings is 1. The quantitative estimate of drug-likeness (QED) is 0.437. The molecule has 0 radical (unpaired) electrons. The fraction of sp³-hybridized carbons (Fsp3) is 0.500. The Labute approximate surface area is 207 Å². The van der Waals surface area contributed by atoms with Gasteiger partial charge in [0.1, 0.15) is 5.75 Å². The lowest BCUT2D eigenvalue weighted by Crippen LogP contribution is -2.49. The molecule has 0 spiro atoms. The normalized spacial score (nSPS) is 15.3. The summed E-state index contributed by atoms with van der Waals surface area (Å²) in [5.74, 6) is 3.66. The Morgan fingerprint density at radius 1 is 0.857 bits per heavy atom. The summed E-state index contributed by atoms with van der Waals surface area (Å²) in [7, 11) is 5.00. The van der Waals surface area contributed by atoms with Crippen molar-refractivity contribution in [2.75, 3.05) is 52.4 Å². The molecule has 2 heterocycles. The third-order valence-electron chi connectivity index (χ3n) is 6.66. The van der Waals surface area contributed by atoms with Crippen molar-refractivity contribution in [3.63, 3.8) is 0 Å². The molecule has 2 aromatic carbocycles. The molecule has 1 aliphatic heterocycles. The van der Waals surface area contributed by atoms with Gasteiger partial charge in [0, 0.05) is 38.4 Å². The number of aryl methyl sites for hydroxylation is 2. The van der Waals surface area contributed by atoms with Crippen LogP contribution in [-0.4, -0.2) is 72.6 Å². The van der Waals surface area contributed by atoms with Gasteiger partial charge in [-0.05, 0) is 64.7 Å². The highest BCUT2D eigenvalue weighted by Gasteiger charge is 2.31. The lowest BCUT2D eigenvalue weighted by molar-refractivity contribution is 0.134. The van der Waals surface area contributed by atoms with Gasteiger partial charge in [0.15, 0.2) is 17.3 Å². The van der Waals surface area contributed by atoms with Crippen LogP contribution in [0.4, 0.5) is 5.69 Å². The predicted octanol–water partition coefficient (Wildman–Crippen LogP) is 3.46. The van der Waals surface area contributed by atoms with Gasteiger partial charge in [-0.15, -0.1) is 5.10 Å². The Morgan fingerprint density at radius 2 is 1.57 bits per heavy atom. The summed E-state index contributed by atoms with van der Waals surface area (Å²) in [5, 5.41) is 12.8. The number of nitrogens with zero attached hydrogens (tertiary/aromatic N) is 6. The second-order valence-corrected chi connectivity index (χ2v) is 9.11. The summed E-state index contributed by atoms with van der Waals surface area (Å²) in [6.45, 7) is 9.02. The maximum absolute atomic E-state index is 5.45. The first-order valence-electron chi connectivity index (χ1n) is 12.1. The molecule has 4 rings (SSSR count). The Kier molecular flexibility index (Phi) is 8.07. The van der Waals surface area contributed by atoms with Crippen molar-refractivity contribution in [2.45, 2.75) is 32.9 Å². The maximum atomic E-state index is 5.45. The maximum Gasteiger partial charge on any atom is 0.168 e. The van der Waals surface area contributed by atoms with Crippen molar-refractivity contribution >= 4 is 5.69 Å². The molecule has 1 aliphatic rings. The van der Waals surface area contributed by atoms with Gasteiger partial charge in [-0.25, -0.2) is 4.68 Å². The number of aromatic nitrogens is 4. The van der Waals surface area contributed by atoms with Crippen LogP contribution in [0.2, 0.25) is 0 Å². The van der Waals surface area contributed by atoms with Gasteiger partial charge >= 0.3 is 0 Å². The fourth-order valence-electron chi connectivity index (χ4n) is 4.79. The lowest BCUT2D eigenvalue weighted by Gasteiger charge is -2.41. The van der Waals surface area contributed by atoms with Crippen molar-refractivity contribution < 1.29 is 14.2 Å². The van der Waals surface area contributed by atoms with Crippen molar-refractivity contribution in [1.29, 1.82) is 0 Å². The number of hydrogen-bond donors (Lipinski definition) is 0. The third-order valence-corrected chi connectivity index (χ3v) is 6.66. The fourth-order valence-corrected chi connectivity index (χ4v) is 4.79. The number of anilines is 1. The minimum Gasteiger partial charge on any atom is -0.497 e. The van der Waals surface area contributed by atoms with Gasteiger partial charge in [0.25, 0.3) is 0 Å². The van der Waals surface area contributed by atoms with E-state index in [4.69, 9.17) is 14.2 Å². The minimum absolute atomic E-state index is 0.161. The summed E-state index contributed by atoms with van der Waals surface area (Å²) >= 11 is 0. The Morgan fingerprint density at radius 3 is 2.20 bits per heavy atom. The van der Waals surface area contributed by atoms with Gasteiger partial charge in [-0.3, -0.25) is 4.90 Å². The molecule has 9 heteroatoms. The highest BCUT2D eigenvalue weighted by molar-refractivity contribution is 5.49.